The zero-order chi connectivity index (χ0) is 11.2. The molecule has 0 saturated carbocycles. The number of fused-ring (bicyclic) bond motifs is 1. The SMILES string of the molecule is CC1(c2ccc(Cl)cc2)Sc2ccccc21. The molecule has 0 aromatic heterocycles. The summed E-state index contributed by atoms with van der Waals surface area (Å²) < 4.78 is 0.0984. The molecule has 0 bridgehead atoms. The second kappa shape index (κ2) is 3.54. The maximum Gasteiger partial charge on any atom is 0.0686 e. The fourth-order valence-corrected chi connectivity index (χ4v) is 3.64. The van der Waals surface area contributed by atoms with Crippen molar-refractivity contribution in [1.29, 1.82) is 0 Å². The van der Waals surface area contributed by atoms with Crippen LogP contribution in [0.4, 0.5) is 0 Å². The predicted octanol–water partition coefficient (Wildman–Crippen LogP) is 4.71. The van der Waals surface area contributed by atoms with Gasteiger partial charge in [0.1, 0.15) is 0 Å². The molecular formula is C14H11ClS. The van der Waals surface area contributed by atoms with Crippen molar-refractivity contribution in [1.82, 2.24) is 0 Å². The molecule has 0 nitrogen and oxygen atoms in total. The fourth-order valence-electron chi connectivity index (χ4n) is 2.16. The molecule has 0 fully saturated rings. The standard InChI is InChI=1S/C14H11ClS/c1-14(10-6-8-11(15)9-7-10)12-4-2-3-5-13(12)16-14/h2-9H,1H3. The van der Waals surface area contributed by atoms with Gasteiger partial charge in [-0.1, -0.05) is 41.9 Å². The molecule has 2 aromatic carbocycles. The predicted molar refractivity (Wildman–Crippen MR) is 70.2 cm³/mol. The Kier molecular flexibility index (Phi) is 2.27. The first-order chi connectivity index (χ1) is 7.70. The Labute approximate surface area is 105 Å². The van der Waals surface area contributed by atoms with Crippen LogP contribution in [0.25, 0.3) is 0 Å². The van der Waals surface area contributed by atoms with Gasteiger partial charge >= 0.3 is 0 Å². The van der Waals surface area contributed by atoms with Crippen LogP contribution in [0.1, 0.15) is 18.1 Å². The van der Waals surface area contributed by atoms with Crippen molar-refractivity contribution in [3.05, 3.63) is 64.7 Å². The van der Waals surface area contributed by atoms with E-state index in [4.69, 9.17) is 11.6 Å². The van der Waals surface area contributed by atoms with Gasteiger partial charge in [-0.25, -0.2) is 0 Å². The van der Waals surface area contributed by atoms with Crippen LogP contribution in [0.3, 0.4) is 0 Å². The Morgan fingerprint density at radius 1 is 1.00 bits per heavy atom. The van der Waals surface area contributed by atoms with Crippen LogP contribution >= 0.6 is 23.4 Å². The Bertz CT molecular complexity index is 533. The zero-order valence-electron chi connectivity index (χ0n) is 8.91. The van der Waals surface area contributed by atoms with Gasteiger partial charge in [0.2, 0.25) is 0 Å². The molecule has 0 aliphatic carbocycles. The molecule has 1 aliphatic rings. The molecule has 1 unspecified atom stereocenters. The molecule has 0 amide bonds. The number of benzene rings is 2. The highest BCUT2D eigenvalue weighted by Crippen LogP contribution is 2.57. The van der Waals surface area contributed by atoms with E-state index in [0.717, 1.165) is 5.02 Å². The first-order valence-corrected chi connectivity index (χ1v) is 6.44. The van der Waals surface area contributed by atoms with Crippen molar-refractivity contribution in [2.75, 3.05) is 0 Å². The normalized spacial score (nSPS) is 22.4. The summed E-state index contributed by atoms with van der Waals surface area (Å²) in [4.78, 5) is 1.39. The van der Waals surface area contributed by atoms with Gasteiger partial charge < -0.3 is 0 Å². The molecule has 2 aromatic rings. The maximum absolute atomic E-state index is 5.92. The van der Waals surface area contributed by atoms with E-state index < -0.39 is 0 Å². The topological polar surface area (TPSA) is 0 Å². The van der Waals surface area contributed by atoms with E-state index in [-0.39, 0.29) is 4.75 Å². The summed E-state index contributed by atoms with van der Waals surface area (Å²) in [6.45, 7) is 2.27. The Morgan fingerprint density at radius 2 is 1.69 bits per heavy atom. The molecule has 2 heteroatoms. The zero-order valence-corrected chi connectivity index (χ0v) is 10.5. The highest BCUT2D eigenvalue weighted by molar-refractivity contribution is 8.02. The van der Waals surface area contributed by atoms with E-state index in [9.17, 15) is 0 Å². The van der Waals surface area contributed by atoms with Crippen molar-refractivity contribution >= 4 is 23.4 Å². The highest BCUT2D eigenvalue weighted by Gasteiger charge is 2.40. The molecular weight excluding hydrogens is 236 g/mol. The van der Waals surface area contributed by atoms with E-state index in [2.05, 4.69) is 43.3 Å². The summed E-state index contributed by atoms with van der Waals surface area (Å²) in [5.74, 6) is 0. The maximum atomic E-state index is 5.92. The van der Waals surface area contributed by atoms with Gasteiger partial charge in [0.05, 0.1) is 4.75 Å². The third-order valence-corrected chi connectivity index (χ3v) is 4.80. The summed E-state index contributed by atoms with van der Waals surface area (Å²) in [5, 5.41) is 0.796. The molecule has 3 rings (SSSR count). The Hall–Kier alpha value is -0.920. The molecule has 0 saturated heterocycles. The van der Waals surface area contributed by atoms with Crippen molar-refractivity contribution in [3.8, 4) is 0 Å². The molecule has 0 spiro atoms. The smallest absolute Gasteiger partial charge is 0.0686 e. The molecule has 1 atom stereocenters. The number of thioether (sulfide) groups is 1. The van der Waals surface area contributed by atoms with Gasteiger partial charge in [-0.05, 0) is 36.2 Å². The quantitative estimate of drug-likeness (QED) is 0.702. The first kappa shape index (κ1) is 10.2. The van der Waals surface area contributed by atoms with Crippen LogP contribution in [-0.2, 0) is 4.75 Å². The molecule has 1 aliphatic heterocycles. The first-order valence-electron chi connectivity index (χ1n) is 5.25. The van der Waals surface area contributed by atoms with Crippen molar-refractivity contribution in [2.45, 2.75) is 16.6 Å². The fraction of sp³-hybridized carbons (Fsp3) is 0.143. The number of halogens is 1. The lowest BCUT2D eigenvalue weighted by Crippen LogP contribution is -2.27. The number of hydrogen-bond donors (Lipinski definition) is 0. The monoisotopic (exact) mass is 246 g/mol. The van der Waals surface area contributed by atoms with Crippen LogP contribution in [0, 0.1) is 0 Å². The summed E-state index contributed by atoms with van der Waals surface area (Å²) in [6.07, 6.45) is 0. The van der Waals surface area contributed by atoms with E-state index in [0.29, 0.717) is 0 Å². The Balaban J connectivity index is 2.07. The summed E-state index contributed by atoms with van der Waals surface area (Å²) in [6, 6.07) is 16.7. The summed E-state index contributed by atoms with van der Waals surface area (Å²) >= 11 is 7.83. The van der Waals surface area contributed by atoms with Crippen molar-refractivity contribution < 1.29 is 0 Å². The minimum absolute atomic E-state index is 0.0984. The lowest BCUT2D eigenvalue weighted by atomic mass is 9.91. The van der Waals surface area contributed by atoms with Crippen LogP contribution in [0.15, 0.2) is 53.4 Å². The molecule has 0 N–H and O–H groups in total. The second-order valence-electron chi connectivity index (χ2n) is 4.14. The minimum Gasteiger partial charge on any atom is -0.110 e. The van der Waals surface area contributed by atoms with Crippen LogP contribution in [0.5, 0.6) is 0 Å². The third-order valence-electron chi connectivity index (χ3n) is 3.11. The average Bonchev–Trinajstić information content (AvgIpc) is 2.28. The van der Waals surface area contributed by atoms with E-state index in [1.807, 2.05) is 23.9 Å². The van der Waals surface area contributed by atoms with Gasteiger partial charge in [-0.3, -0.25) is 0 Å². The lowest BCUT2D eigenvalue weighted by molar-refractivity contribution is 0.776. The molecule has 80 valence electrons. The van der Waals surface area contributed by atoms with Gasteiger partial charge in [-0.2, -0.15) is 0 Å². The number of rotatable bonds is 1. The lowest BCUT2D eigenvalue weighted by Gasteiger charge is -2.40. The van der Waals surface area contributed by atoms with Gasteiger partial charge in [0.15, 0.2) is 0 Å². The van der Waals surface area contributed by atoms with Gasteiger partial charge in [-0.15, -0.1) is 11.8 Å². The summed E-state index contributed by atoms with van der Waals surface area (Å²) in [5.41, 5.74) is 2.74. The van der Waals surface area contributed by atoms with E-state index >= 15 is 0 Å². The van der Waals surface area contributed by atoms with E-state index in [1.165, 1.54) is 16.0 Å². The van der Waals surface area contributed by atoms with Gasteiger partial charge in [0.25, 0.3) is 0 Å². The van der Waals surface area contributed by atoms with Crippen molar-refractivity contribution in [3.63, 3.8) is 0 Å². The Morgan fingerprint density at radius 3 is 2.38 bits per heavy atom. The van der Waals surface area contributed by atoms with Gasteiger partial charge in [0, 0.05) is 9.92 Å². The largest absolute Gasteiger partial charge is 0.110 e. The highest BCUT2D eigenvalue weighted by atomic mass is 35.5. The van der Waals surface area contributed by atoms with Crippen LogP contribution in [0.2, 0.25) is 5.02 Å². The summed E-state index contributed by atoms with van der Waals surface area (Å²) in [7, 11) is 0. The van der Waals surface area contributed by atoms with Crippen molar-refractivity contribution in [2.24, 2.45) is 0 Å². The second-order valence-corrected chi connectivity index (χ2v) is 6.04. The number of hydrogen-bond acceptors (Lipinski definition) is 1. The van der Waals surface area contributed by atoms with Crippen LogP contribution < -0.4 is 0 Å². The van der Waals surface area contributed by atoms with E-state index in [1.54, 1.807) is 0 Å². The third kappa shape index (κ3) is 1.39. The molecule has 0 radical (unpaired) electrons. The molecule has 1 heterocycles. The average molecular weight is 247 g/mol. The minimum atomic E-state index is 0.0984. The van der Waals surface area contributed by atoms with Crippen LogP contribution in [-0.4, -0.2) is 0 Å². The molecule has 16 heavy (non-hydrogen) atoms.